The Hall–Kier alpha value is -0.700. The average Bonchev–Trinajstić information content (AvgIpc) is 2.83. The molecule has 1 aliphatic rings. The predicted molar refractivity (Wildman–Crippen MR) is 78.7 cm³/mol. The second-order valence-electron chi connectivity index (χ2n) is 4.69. The van der Waals surface area contributed by atoms with E-state index in [4.69, 9.17) is 0 Å². The number of hydrogen-bond donors (Lipinski definition) is 1. The molecule has 0 amide bonds. The van der Waals surface area contributed by atoms with Gasteiger partial charge in [0.1, 0.15) is 5.82 Å². The van der Waals surface area contributed by atoms with Crippen molar-refractivity contribution in [3.8, 4) is 0 Å². The average molecular weight is 367 g/mol. The van der Waals surface area contributed by atoms with Crippen LogP contribution in [0.3, 0.4) is 0 Å². The van der Waals surface area contributed by atoms with Crippen LogP contribution in [0.5, 0.6) is 0 Å². The van der Waals surface area contributed by atoms with Crippen molar-refractivity contribution in [2.24, 2.45) is 0 Å². The summed E-state index contributed by atoms with van der Waals surface area (Å²) in [5.74, 6) is -0.696. The van der Waals surface area contributed by atoms with Gasteiger partial charge in [-0.2, -0.15) is 8.42 Å². The van der Waals surface area contributed by atoms with E-state index in [9.17, 15) is 17.4 Å². The number of rotatable bonds is 5. The number of nitrogens with zero attached hydrogens (tertiary/aromatic N) is 2. The molecule has 2 rings (SSSR count). The molecule has 20 heavy (non-hydrogen) atoms. The van der Waals surface area contributed by atoms with Gasteiger partial charge < -0.3 is 4.90 Å². The molecule has 0 saturated carbocycles. The molecule has 0 unspecified atom stereocenters. The quantitative estimate of drug-likeness (QED) is 0.812. The van der Waals surface area contributed by atoms with Gasteiger partial charge in [-0.25, -0.2) is 8.70 Å². The van der Waals surface area contributed by atoms with Gasteiger partial charge in [-0.3, -0.25) is 4.55 Å². The molecular formula is C12H16BrFN2O3S. The molecule has 1 N–H and O–H groups in total. The second kappa shape index (κ2) is 6.38. The first kappa shape index (κ1) is 15.7. The fraction of sp³-hybridized carbons (Fsp3) is 0.500. The van der Waals surface area contributed by atoms with E-state index >= 15 is 0 Å². The third-order valence-corrected chi connectivity index (χ3v) is 4.70. The number of halogens is 2. The van der Waals surface area contributed by atoms with Crippen LogP contribution in [-0.2, 0) is 10.3 Å². The van der Waals surface area contributed by atoms with Crippen LogP contribution in [0.1, 0.15) is 12.8 Å². The van der Waals surface area contributed by atoms with Crippen LogP contribution in [0, 0.1) is 5.82 Å². The highest BCUT2D eigenvalue weighted by atomic mass is 79.9. The van der Waals surface area contributed by atoms with E-state index in [0.717, 1.165) is 25.9 Å². The molecule has 1 fully saturated rings. The molecule has 112 valence electrons. The van der Waals surface area contributed by atoms with Crippen LogP contribution in [0.25, 0.3) is 0 Å². The molecule has 0 spiro atoms. The van der Waals surface area contributed by atoms with Gasteiger partial charge in [-0.15, -0.1) is 0 Å². The fourth-order valence-electron chi connectivity index (χ4n) is 2.28. The van der Waals surface area contributed by atoms with E-state index in [1.165, 1.54) is 18.2 Å². The lowest BCUT2D eigenvalue weighted by molar-refractivity contribution is 0.347. The Morgan fingerprint density at radius 3 is 2.55 bits per heavy atom. The van der Waals surface area contributed by atoms with Gasteiger partial charge in [0, 0.05) is 17.6 Å². The number of hydrogen-bond acceptors (Lipinski definition) is 3. The van der Waals surface area contributed by atoms with Crippen molar-refractivity contribution in [2.75, 3.05) is 30.5 Å². The van der Waals surface area contributed by atoms with Gasteiger partial charge >= 0.3 is 10.3 Å². The standard InChI is InChI=1S/C12H16BrFN2O3S/c13-10-3-4-12(11(14)9-10)16(20(17,18)19)8-7-15-5-1-2-6-15/h3-4,9H,1-2,5-8H2,(H,17,18,19). The minimum atomic E-state index is -4.49. The Kier molecular flexibility index (Phi) is 5.00. The highest BCUT2D eigenvalue weighted by molar-refractivity contribution is 9.10. The molecule has 1 aliphatic heterocycles. The molecule has 1 heterocycles. The molecule has 0 radical (unpaired) electrons. The van der Waals surface area contributed by atoms with Crippen molar-refractivity contribution >= 4 is 31.9 Å². The van der Waals surface area contributed by atoms with Crippen molar-refractivity contribution in [2.45, 2.75) is 12.8 Å². The van der Waals surface area contributed by atoms with Crippen molar-refractivity contribution in [1.82, 2.24) is 4.90 Å². The summed E-state index contributed by atoms with van der Waals surface area (Å²) in [6.45, 7) is 2.30. The Morgan fingerprint density at radius 2 is 2.00 bits per heavy atom. The molecule has 0 bridgehead atoms. The third-order valence-electron chi connectivity index (χ3n) is 3.27. The van der Waals surface area contributed by atoms with Crippen LogP contribution in [-0.4, -0.2) is 44.0 Å². The lowest BCUT2D eigenvalue weighted by Crippen LogP contribution is -2.38. The summed E-state index contributed by atoms with van der Waals surface area (Å²) in [7, 11) is -4.49. The number of benzene rings is 1. The first-order valence-corrected chi connectivity index (χ1v) is 8.49. The zero-order valence-corrected chi connectivity index (χ0v) is 13.2. The van der Waals surface area contributed by atoms with E-state index in [1.54, 1.807) is 0 Å². The molecule has 5 nitrogen and oxygen atoms in total. The summed E-state index contributed by atoms with van der Waals surface area (Å²) in [4.78, 5) is 2.09. The van der Waals surface area contributed by atoms with Crippen LogP contribution < -0.4 is 4.31 Å². The summed E-state index contributed by atoms with van der Waals surface area (Å²) in [6.07, 6.45) is 2.16. The summed E-state index contributed by atoms with van der Waals surface area (Å²) in [5.41, 5.74) is -0.144. The minimum absolute atomic E-state index is 0.0252. The van der Waals surface area contributed by atoms with Crippen LogP contribution in [0.2, 0.25) is 0 Å². The van der Waals surface area contributed by atoms with Crippen molar-refractivity contribution in [1.29, 1.82) is 0 Å². The Morgan fingerprint density at radius 1 is 1.35 bits per heavy atom. The van der Waals surface area contributed by atoms with Crippen molar-refractivity contribution in [3.05, 3.63) is 28.5 Å². The second-order valence-corrected chi connectivity index (χ2v) is 6.95. The molecule has 0 atom stereocenters. The van der Waals surface area contributed by atoms with E-state index in [-0.39, 0.29) is 12.2 Å². The van der Waals surface area contributed by atoms with Gasteiger partial charge in [0.25, 0.3) is 0 Å². The van der Waals surface area contributed by atoms with Crippen LogP contribution >= 0.6 is 15.9 Å². The Labute approximate surface area is 126 Å². The highest BCUT2D eigenvalue weighted by Gasteiger charge is 2.24. The zero-order chi connectivity index (χ0) is 14.8. The molecule has 0 aromatic heterocycles. The van der Waals surface area contributed by atoms with E-state index in [2.05, 4.69) is 20.8 Å². The van der Waals surface area contributed by atoms with Crippen LogP contribution in [0.4, 0.5) is 10.1 Å². The van der Waals surface area contributed by atoms with E-state index in [0.29, 0.717) is 15.3 Å². The predicted octanol–water partition coefficient (Wildman–Crippen LogP) is 2.29. The Balaban J connectivity index is 2.18. The van der Waals surface area contributed by atoms with E-state index in [1.807, 2.05) is 0 Å². The zero-order valence-electron chi connectivity index (χ0n) is 10.8. The fourth-order valence-corrected chi connectivity index (χ4v) is 3.32. The third kappa shape index (κ3) is 3.91. The molecule has 0 aliphatic carbocycles. The van der Waals surface area contributed by atoms with Crippen LogP contribution in [0.15, 0.2) is 22.7 Å². The summed E-state index contributed by atoms with van der Waals surface area (Å²) in [5, 5.41) is 0. The lowest BCUT2D eigenvalue weighted by atomic mass is 10.3. The largest absolute Gasteiger partial charge is 0.360 e. The maximum atomic E-state index is 13.9. The topological polar surface area (TPSA) is 60.9 Å². The maximum Gasteiger partial charge on any atom is 0.360 e. The summed E-state index contributed by atoms with van der Waals surface area (Å²) in [6, 6.07) is 4.03. The maximum absolute atomic E-state index is 13.9. The molecule has 1 aromatic carbocycles. The summed E-state index contributed by atoms with van der Waals surface area (Å²) >= 11 is 3.11. The lowest BCUT2D eigenvalue weighted by Gasteiger charge is -2.24. The van der Waals surface area contributed by atoms with Gasteiger partial charge in [-0.05, 0) is 44.1 Å². The van der Waals surface area contributed by atoms with E-state index < -0.39 is 16.1 Å². The minimum Gasteiger partial charge on any atom is -0.302 e. The highest BCUT2D eigenvalue weighted by Crippen LogP contribution is 2.25. The number of anilines is 1. The first-order valence-electron chi connectivity index (χ1n) is 6.30. The van der Waals surface area contributed by atoms with Crippen molar-refractivity contribution in [3.63, 3.8) is 0 Å². The van der Waals surface area contributed by atoms with Gasteiger partial charge in [-0.1, -0.05) is 15.9 Å². The molecule has 8 heteroatoms. The Bertz CT molecular complexity index is 576. The van der Waals surface area contributed by atoms with Gasteiger partial charge in [0.2, 0.25) is 0 Å². The smallest absolute Gasteiger partial charge is 0.302 e. The van der Waals surface area contributed by atoms with Gasteiger partial charge in [0.15, 0.2) is 0 Å². The van der Waals surface area contributed by atoms with Crippen molar-refractivity contribution < 1.29 is 17.4 Å². The first-order chi connectivity index (χ1) is 9.38. The summed E-state index contributed by atoms with van der Waals surface area (Å²) < 4.78 is 47.3. The van der Waals surface area contributed by atoms with Gasteiger partial charge in [0.05, 0.1) is 5.69 Å². The normalized spacial score (nSPS) is 16.6. The monoisotopic (exact) mass is 366 g/mol. The molecular weight excluding hydrogens is 351 g/mol. The molecule has 1 aromatic rings. The molecule has 1 saturated heterocycles. The SMILES string of the molecule is O=S(=O)(O)N(CCN1CCCC1)c1ccc(Br)cc1F. The number of likely N-dealkylation sites (tertiary alicyclic amines) is 1.